The maximum absolute atomic E-state index is 5.33. The van der Waals surface area contributed by atoms with E-state index in [1.54, 1.807) is 24.2 Å². The lowest BCUT2D eigenvalue weighted by molar-refractivity contribution is 0.402. The van der Waals surface area contributed by atoms with Gasteiger partial charge in [0.25, 0.3) is 0 Å². The zero-order chi connectivity index (χ0) is 13.1. The van der Waals surface area contributed by atoms with Gasteiger partial charge >= 0.3 is 0 Å². The molecule has 0 bridgehead atoms. The van der Waals surface area contributed by atoms with Crippen molar-refractivity contribution in [1.82, 2.24) is 25.1 Å². The van der Waals surface area contributed by atoms with Gasteiger partial charge in [-0.3, -0.25) is 4.68 Å². The molecule has 2 rings (SSSR count). The second kappa shape index (κ2) is 5.14. The number of rotatable bonds is 4. The summed E-state index contributed by atoms with van der Waals surface area (Å²) in [6.07, 6.45) is 3.46. The Morgan fingerprint density at radius 3 is 2.83 bits per heavy atom. The van der Waals surface area contributed by atoms with Crippen LogP contribution in [0.1, 0.15) is 23.3 Å². The van der Waals surface area contributed by atoms with Crippen LogP contribution in [0.3, 0.4) is 0 Å². The van der Waals surface area contributed by atoms with E-state index in [0.717, 1.165) is 23.0 Å². The number of hydrogen-bond acceptors (Lipinski definition) is 5. The first kappa shape index (κ1) is 12.5. The van der Waals surface area contributed by atoms with E-state index in [4.69, 9.17) is 4.74 Å². The molecule has 2 heterocycles. The Morgan fingerprint density at radius 1 is 1.44 bits per heavy atom. The van der Waals surface area contributed by atoms with E-state index >= 15 is 0 Å². The van der Waals surface area contributed by atoms with Crippen molar-refractivity contribution >= 4 is 0 Å². The fraction of sp³-hybridized carbons (Fsp3) is 0.417. The fourth-order valence-electron chi connectivity index (χ4n) is 1.97. The van der Waals surface area contributed by atoms with Gasteiger partial charge in [-0.2, -0.15) is 5.10 Å². The van der Waals surface area contributed by atoms with Gasteiger partial charge in [-0.1, -0.05) is 0 Å². The van der Waals surface area contributed by atoms with Crippen molar-refractivity contribution in [3.05, 3.63) is 35.7 Å². The minimum atomic E-state index is -0.0749. The molecule has 0 spiro atoms. The number of nitrogens with zero attached hydrogens (tertiary/aromatic N) is 4. The highest BCUT2D eigenvalue weighted by Gasteiger charge is 2.22. The number of aryl methyl sites for hydroxylation is 2. The predicted octanol–water partition coefficient (Wildman–Crippen LogP) is 0.836. The third kappa shape index (κ3) is 2.19. The standard InChI is InChI=1S/C12H17N5O/c1-8-14-6-5-9(16-8)11(13-2)12-10(18-4)7-15-17(12)3/h5-7,11,13H,1-4H3. The normalized spacial score (nSPS) is 12.4. The zero-order valence-corrected chi connectivity index (χ0v) is 11.0. The van der Waals surface area contributed by atoms with Crippen LogP contribution in [0.2, 0.25) is 0 Å². The van der Waals surface area contributed by atoms with Crippen molar-refractivity contribution in [2.24, 2.45) is 7.05 Å². The molecule has 0 aliphatic carbocycles. The second-order valence-electron chi connectivity index (χ2n) is 3.97. The lowest BCUT2D eigenvalue weighted by atomic mass is 10.1. The molecule has 2 aromatic heterocycles. The molecular formula is C12H17N5O. The summed E-state index contributed by atoms with van der Waals surface area (Å²) in [6.45, 7) is 1.87. The van der Waals surface area contributed by atoms with Crippen LogP contribution in [0.15, 0.2) is 18.5 Å². The second-order valence-corrected chi connectivity index (χ2v) is 3.97. The number of hydrogen-bond donors (Lipinski definition) is 1. The van der Waals surface area contributed by atoms with Crippen molar-refractivity contribution in [2.75, 3.05) is 14.2 Å². The molecule has 0 aliphatic heterocycles. The van der Waals surface area contributed by atoms with Gasteiger partial charge in [0.1, 0.15) is 11.5 Å². The van der Waals surface area contributed by atoms with Gasteiger partial charge in [-0.15, -0.1) is 0 Å². The Kier molecular flexibility index (Phi) is 3.57. The van der Waals surface area contributed by atoms with Crippen molar-refractivity contribution in [3.63, 3.8) is 0 Å². The molecule has 2 aromatic rings. The van der Waals surface area contributed by atoms with Crippen LogP contribution in [0.25, 0.3) is 0 Å². The van der Waals surface area contributed by atoms with E-state index in [0.29, 0.717) is 0 Å². The smallest absolute Gasteiger partial charge is 0.161 e. The topological polar surface area (TPSA) is 64.9 Å². The molecule has 0 fully saturated rings. The summed E-state index contributed by atoms with van der Waals surface area (Å²) in [5.41, 5.74) is 1.84. The SMILES string of the molecule is CNC(c1ccnc(C)n1)c1c(OC)cnn1C. The van der Waals surface area contributed by atoms with Crippen LogP contribution < -0.4 is 10.1 Å². The van der Waals surface area contributed by atoms with E-state index in [1.807, 2.05) is 27.1 Å². The Hall–Kier alpha value is -1.95. The first-order valence-electron chi connectivity index (χ1n) is 5.70. The minimum Gasteiger partial charge on any atom is -0.493 e. The largest absolute Gasteiger partial charge is 0.493 e. The Labute approximate surface area is 106 Å². The highest BCUT2D eigenvalue weighted by atomic mass is 16.5. The minimum absolute atomic E-state index is 0.0749. The number of methoxy groups -OCH3 is 1. The molecule has 0 radical (unpaired) electrons. The van der Waals surface area contributed by atoms with Crippen LogP contribution >= 0.6 is 0 Å². The predicted molar refractivity (Wildman–Crippen MR) is 67.4 cm³/mol. The van der Waals surface area contributed by atoms with E-state index in [-0.39, 0.29) is 6.04 Å². The lowest BCUT2D eigenvalue weighted by Gasteiger charge is -2.17. The van der Waals surface area contributed by atoms with Crippen LogP contribution in [-0.2, 0) is 7.05 Å². The molecule has 6 nitrogen and oxygen atoms in total. The number of nitrogens with one attached hydrogen (secondary N) is 1. The van der Waals surface area contributed by atoms with Crippen molar-refractivity contribution in [1.29, 1.82) is 0 Å². The molecule has 1 unspecified atom stereocenters. The van der Waals surface area contributed by atoms with Gasteiger partial charge in [0, 0.05) is 13.2 Å². The van der Waals surface area contributed by atoms with E-state index in [9.17, 15) is 0 Å². The average molecular weight is 247 g/mol. The molecule has 96 valence electrons. The molecule has 0 amide bonds. The summed E-state index contributed by atoms with van der Waals surface area (Å²) in [7, 11) is 5.41. The first-order valence-corrected chi connectivity index (χ1v) is 5.70. The summed E-state index contributed by atoms with van der Waals surface area (Å²) in [6, 6.07) is 1.81. The highest BCUT2D eigenvalue weighted by Crippen LogP contribution is 2.27. The van der Waals surface area contributed by atoms with Crippen molar-refractivity contribution in [3.8, 4) is 5.75 Å². The van der Waals surface area contributed by atoms with E-state index < -0.39 is 0 Å². The van der Waals surface area contributed by atoms with Crippen LogP contribution in [0.5, 0.6) is 5.75 Å². The lowest BCUT2D eigenvalue weighted by Crippen LogP contribution is -2.22. The van der Waals surface area contributed by atoms with E-state index in [2.05, 4.69) is 20.4 Å². The Balaban J connectivity index is 2.48. The summed E-state index contributed by atoms with van der Waals surface area (Å²) in [5.74, 6) is 1.49. The molecule has 0 aliphatic rings. The first-order chi connectivity index (χ1) is 8.67. The van der Waals surface area contributed by atoms with Crippen LogP contribution in [0.4, 0.5) is 0 Å². The molecule has 6 heteroatoms. The van der Waals surface area contributed by atoms with Gasteiger partial charge in [0.2, 0.25) is 0 Å². The molecule has 0 aromatic carbocycles. The molecule has 18 heavy (non-hydrogen) atoms. The maximum Gasteiger partial charge on any atom is 0.161 e. The third-order valence-corrected chi connectivity index (χ3v) is 2.82. The van der Waals surface area contributed by atoms with Crippen LogP contribution in [-0.4, -0.2) is 33.9 Å². The average Bonchev–Trinajstić information content (AvgIpc) is 2.72. The van der Waals surface area contributed by atoms with E-state index in [1.165, 1.54) is 0 Å². The van der Waals surface area contributed by atoms with Gasteiger partial charge < -0.3 is 10.1 Å². The Bertz CT molecular complexity index is 537. The van der Waals surface area contributed by atoms with Gasteiger partial charge in [0.05, 0.1) is 25.0 Å². The zero-order valence-electron chi connectivity index (χ0n) is 11.0. The summed E-state index contributed by atoms with van der Waals surface area (Å²) in [5, 5.41) is 7.44. The molecule has 1 atom stereocenters. The quantitative estimate of drug-likeness (QED) is 0.867. The van der Waals surface area contributed by atoms with Gasteiger partial charge in [-0.05, 0) is 20.0 Å². The third-order valence-electron chi connectivity index (χ3n) is 2.82. The van der Waals surface area contributed by atoms with Crippen molar-refractivity contribution < 1.29 is 4.74 Å². The van der Waals surface area contributed by atoms with Gasteiger partial charge in [-0.25, -0.2) is 9.97 Å². The number of ether oxygens (including phenoxy) is 1. The molecular weight excluding hydrogens is 230 g/mol. The molecule has 0 saturated carbocycles. The van der Waals surface area contributed by atoms with Crippen molar-refractivity contribution in [2.45, 2.75) is 13.0 Å². The maximum atomic E-state index is 5.33. The Morgan fingerprint density at radius 2 is 2.22 bits per heavy atom. The van der Waals surface area contributed by atoms with Crippen LogP contribution in [0, 0.1) is 6.92 Å². The highest BCUT2D eigenvalue weighted by molar-refractivity contribution is 5.33. The molecule has 1 N–H and O–H groups in total. The number of aromatic nitrogens is 4. The molecule has 0 saturated heterocycles. The van der Waals surface area contributed by atoms with Gasteiger partial charge in [0.15, 0.2) is 5.75 Å². The summed E-state index contributed by atoms with van der Waals surface area (Å²) >= 11 is 0. The monoisotopic (exact) mass is 247 g/mol. The fourth-order valence-corrected chi connectivity index (χ4v) is 1.97. The summed E-state index contributed by atoms with van der Waals surface area (Å²) in [4.78, 5) is 8.56. The summed E-state index contributed by atoms with van der Waals surface area (Å²) < 4.78 is 7.12.